The highest BCUT2D eigenvalue weighted by Crippen LogP contribution is 2.24. The van der Waals surface area contributed by atoms with Gasteiger partial charge in [0.05, 0.1) is 38.0 Å². The lowest BCUT2D eigenvalue weighted by molar-refractivity contribution is 0.397. The first kappa shape index (κ1) is 14.9. The van der Waals surface area contributed by atoms with Gasteiger partial charge in [0, 0.05) is 5.56 Å². The predicted molar refractivity (Wildman–Crippen MR) is 86.3 cm³/mol. The normalized spacial score (nSPS) is 10.7. The summed E-state index contributed by atoms with van der Waals surface area (Å²) in [6.07, 6.45) is 1.49. The average molecular weight is 312 g/mol. The standard InChI is InChI=1S/C17H16N2O4/c1-22-13-4-6-16(23-2)11(7-13)9-19-10-18-15-5-3-12(20)8-14(15)17(19)21/h3-8,10,20H,9H2,1-2H3. The number of phenolic OH excluding ortho intramolecular Hbond substituents is 1. The fourth-order valence-electron chi connectivity index (χ4n) is 2.45. The summed E-state index contributed by atoms with van der Waals surface area (Å²) in [6.45, 7) is 0.289. The molecule has 0 fully saturated rings. The van der Waals surface area contributed by atoms with Crippen molar-refractivity contribution in [2.75, 3.05) is 14.2 Å². The number of hydrogen-bond donors (Lipinski definition) is 1. The van der Waals surface area contributed by atoms with Crippen LogP contribution in [0.2, 0.25) is 0 Å². The molecular formula is C17H16N2O4. The summed E-state index contributed by atoms with van der Waals surface area (Å²) >= 11 is 0. The van der Waals surface area contributed by atoms with Crippen LogP contribution in [0.25, 0.3) is 10.9 Å². The van der Waals surface area contributed by atoms with Crippen LogP contribution >= 0.6 is 0 Å². The van der Waals surface area contributed by atoms with Crippen LogP contribution in [0.4, 0.5) is 0 Å². The van der Waals surface area contributed by atoms with Crippen molar-refractivity contribution < 1.29 is 14.6 Å². The number of ether oxygens (including phenoxy) is 2. The third-order valence-electron chi connectivity index (χ3n) is 3.64. The van der Waals surface area contributed by atoms with Crippen molar-refractivity contribution in [3.63, 3.8) is 0 Å². The highest BCUT2D eigenvalue weighted by atomic mass is 16.5. The number of aromatic hydroxyl groups is 1. The Balaban J connectivity index is 2.08. The molecule has 0 amide bonds. The zero-order valence-corrected chi connectivity index (χ0v) is 12.8. The van der Waals surface area contributed by atoms with E-state index in [2.05, 4.69) is 4.98 Å². The molecule has 2 aromatic carbocycles. The Bertz CT molecular complexity index is 918. The number of rotatable bonds is 4. The van der Waals surface area contributed by atoms with Gasteiger partial charge in [-0.3, -0.25) is 9.36 Å². The van der Waals surface area contributed by atoms with E-state index in [0.717, 1.165) is 5.56 Å². The van der Waals surface area contributed by atoms with Crippen molar-refractivity contribution in [3.05, 3.63) is 58.6 Å². The fraction of sp³-hybridized carbons (Fsp3) is 0.176. The van der Waals surface area contributed by atoms with Crippen LogP contribution < -0.4 is 15.0 Å². The number of methoxy groups -OCH3 is 2. The predicted octanol–water partition coefficient (Wildman–Crippen LogP) is 2.17. The Kier molecular flexibility index (Phi) is 3.89. The monoisotopic (exact) mass is 312 g/mol. The lowest BCUT2D eigenvalue weighted by Gasteiger charge is -2.12. The number of fused-ring (bicyclic) bond motifs is 1. The van der Waals surface area contributed by atoms with E-state index in [-0.39, 0.29) is 17.9 Å². The van der Waals surface area contributed by atoms with Crippen LogP contribution in [0.15, 0.2) is 47.5 Å². The molecule has 6 nitrogen and oxygen atoms in total. The Hall–Kier alpha value is -3.02. The van der Waals surface area contributed by atoms with Crippen molar-refractivity contribution in [3.8, 4) is 17.2 Å². The Morgan fingerprint density at radius 1 is 1.13 bits per heavy atom. The molecular weight excluding hydrogens is 296 g/mol. The van der Waals surface area contributed by atoms with E-state index in [4.69, 9.17) is 9.47 Å². The molecule has 0 spiro atoms. The van der Waals surface area contributed by atoms with Gasteiger partial charge in [0.1, 0.15) is 17.2 Å². The first-order chi connectivity index (χ1) is 11.1. The van der Waals surface area contributed by atoms with Crippen LogP contribution in [-0.2, 0) is 6.54 Å². The summed E-state index contributed by atoms with van der Waals surface area (Å²) < 4.78 is 12.0. The van der Waals surface area contributed by atoms with E-state index in [9.17, 15) is 9.90 Å². The summed E-state index contributed by atoms with van der Waals surface area (Å²) in [6, 6.07) is 9.94. The van der Waals surface area contributed by atoms with E-state index in [1.54, 1.807) is 32.4 Å². The minimum atomic E-state index is -0.226. The van der Waals surface area contributed by atoms with E-state index < -0.39 is 0 Å². The van der Waals surface area contributed by atoms with Gasteiger partial charge in [0.15, 0.2) is 0 Å². The Morgan fingerprint density at radius 2 is 1.96 bits per heavy atom. The molecule has 0 saturated carbocycles. The van der Waals surface area contributed by atoms with E-state index in [1.165, 1.54) is 23.0 Å². The van der Waals surface area contributed by atoms with Crippen molar-refractivity contribution >= 4 is 10.9 Å². The fourth-order valence-corrected chi connectivity index (χ4v) is 2.45. The second kappa shape index (κ2) is 6.00. The largest absolute Gasteiger partial charge is 0.508 e. The van der Waals surface area contributed by atoms with Gasteiger partial charge < -0.3 is 14.6 Å². The number of benzene rings is 2. The van der Waals surface area contributed by atoms with Crippen LogP contribution in [0.3, 0.4) is 0 Å². The molecule has 1 N–H and O–H groups in total. The smallest absolute Gasteiger partial charge is 0.261 e. The van der Waals surface area contributed by atoms with Crippen LogP contribution in [0.5, 0.6) is 17.2 Å². The number of phenols is 1. The van der Waals surface area contributed by atoms with Gasteiger partial charge >= 0.3 is 0 Å². The third-order valence-corrected chi connectivity index (χ3v) is 3.64. The lowest BCUT2D eigenvalue weighted by atomic mass is 10.1. The second-order valence-corrected chi connectivity index (χ2v) is 5.06. The van der Waals surface area contributed by atoms with Crippen LogP contribution in [-0.4, -0.2) is 28.9 Å². The number of aromatic nitrogens is 2. The molecule has 0 aliphatic rings. The van der Waals surface area contributed by atoms with E-state index in [0.29, 0.717) is 22.4 Å². The molecule has 0 unspecified atom stereocenters. The molecule has 0 aliphatic carbocycles. The molecule has 3 aromatic rings. The van der Waals surface area contributed by atoms with Gasteiger partial charge in [-0.05, 0) is 36.4 Å². The summed E-state index contributed by atoms with van der Waals surface area (Å²) in [5.74, 6) is 1.38. The van der Waals surface area contributed by atoms with Gasteiger partial charge in [-0.1, -0.05) is 0 Å². The van der Waals surface area contributed by atoms with Crippen molar-refractivity contribution in [1.82, 2.24) is 9.55 Å². The van der Waals surface area contributed by atoms with Gasteiger partial charge in [-0.25, -0.2) is 4.98 Å². The molecule has 1 heterocycles. The highest BCUT2D eigenvalue weighted by Gasteiger charge is 2.10. The van der Waals surface area contributed by atoms with Crippen molar-refractivity contribution in [1.29, 1.82) is 0 Å². The van der Waals surface area contributed by atoms with Crippen LogP contribution in [0.1, 0.15) is 5.56 Å². The average Bonchev–Trinajstić information content (AvgIpc) is 2.57. The zero-order chi connectivity index (χ0) is 16.4. The maximum absolute atomic E-state index is 12.6. The molecule has 3 rings (SSSR count). The zero-order valence-electron chi connectivity index (χ0n) is 12.8. The molecule has 0 atom stereocenters. The first-order valence-electron chi connectivity index (χ1n) is 7.01. The summed E-state index contributed by atoms with van der Waals surface area (Å²) in [4.78, 5) is 16.8. The topological polar surface area (TPSA) is 73.6 Å². The minimum Gasteiger partial charge on any atom is -0.508 e. The third kappa shape index (κ3) is 2.83. The van der Waals surface area contributed by atoms with Crippen molar-refractivity contribution in [2.45, 2.75) is 6.54 Å². The lowest BCUT2D eigenvalue weighted by Crippen LogP contribution is -2.21. The van der Waals surface area contributed by atoms with Crippen LogP contribution in [0, 0.1) is 0 Å². The molecule has 1 aromatic heterocycles. The van der Waals surface area contributed by atoms with Gasteiger partial charge in [-0.2, -0.15) is 0 Å². The van der Waals surface area contributed by atoms with Crippen molar-refractivity contribution in [2.24, 2.45) is 0 Å². The van der Waals surface area contributed by atoms with E-state index in [1.807, 2.05) is 6.07 Å². The summed E-state index contributed by atoms with van der Waals surface area (Å²) in [7, 11) is 3.16. The number of nitrogens with zero attached hydrogens (tertiary/aromatic N) is 2. The number of hydrogen-bond acceptors (Lipinski definition) is 5. The minimum absolute atomic E-state index is 0.0353. The molecule has 0 bridgehead atoms. The molecule has 0 saturated heterocycles. The van der Waals surface area contributed by atoms with Gasteiger partial charge in [0.2, 0.25) is 0 Å². The Labute approximate surface area is 132 Å². The SMILES string of the molecule is COc1ccc(OC)c(Cn2cnc3ccc(O)cc3c2=O)c1. The molecule has 118 valence electrons. The molecule has 0 aliphatic heterocycles. The Morgan fingerprint density at radius 3 is 2.70 bits per heavy atom. The van der Waals surface area contributed by atoms with E-state index >= 15 is 0 Å². The maximum Gasteiger partial charge on any atom is 0.261 e. The maximum atomic E-state index is 12.6. The molecule has 6 heteroatoms. The molecule has 0 radical (unpaired) electrons. The highest BCUT2D eigenvalue weighted by molar-refractivity contribution is 5.78. The summed E-state index contributed by atoms with van der Waals surface area (Å²) in [5, 5.41) is 9.94. The quantitative estimate of drug-likeness (QED) is 0.799. The molecule has 23 heavy (non-hydrogen) atoms. The summed E-state index contributed by atoms with van der Waals surface area (Å²) in [5.41, 5.74) is 1.12. The van der Waals surface area contributed by atoms with Gasteiger partial charge in [-0.15, -0.1) is 0 Å². The second-order valence-electron chi connectivity index (χ2n) is 5.06. The first-order valence-corrected chi connectivity index (χ1v) is 7.01. The van der Waals surface area contributed by atoms with Gasteiger partial charge in [0.25, 0.3) is 5.56 Å².